The fraction of sp³-hybridized carbons (Fsp3) is 0.529. The maximum absolute atomic E-state index is 9.25. The fourth-order valence-corrected chi connectivity index (χ4v) is 2.78. The number of rotatable bonds is 1. The van der Waals surface area contributed by atoms with Crippen LogP contribution in [0.2, 0.25) is 0 Å². The molecule has 0 saturated carbocycles. The number of phenols is 1. The van der Waals surface area contributed by atoms with Crippen LogP contribution < -0.4 is 0 Å². The first-order valence-electron chi connectivity index (χ1n) is 7.45. The SMILES string of the molecule is CC.CC.CN1CC2CC1C=C2c1ccc(O)cc1. The van der Waals surface area contributed by atoms with E-state index in [1.807, 2.05) is 39.8 Å². The molecule has 1 aromatic carbocycles. The highest BCUT2D eigenvalue weighted by atomic mass is 16.3. The van der Waals surface area contributed by atoms with E-state index in [2.05, 4.69) is 18.0 Å². The summed E-state index contributed by atoms with van der Waals surface area (Å²) in [4.78, 5) is 2.41. The molecule has 19 heavy (non-hydrogen) atoms. The van der Waals surface area contributed by atoms with Gasteiger partial charge in [-0.05, 0) is 42.7 Å². The van der Waals surface area contributed by atoms with Gasteiger partial charge in [-0.3, -0.25) is 4.90 Å². The van der Waals surface area contributed by atoms with E-state index in [1.54, 1.807) is 12.1 Å². The zero-order valence-corrected chi connectivity index (χ0v) is 12.9. The quantitative estimate of drug-likeness (QED) is 0.820. The Bertz CT molecular complexity index is 408. The molecular weight excluding hydrogens is 234 g/mol. The molecule has 0 aromatic heterocycles. The van der Waals surface area contributed by atoms with E-state index >= 15 is 0 Å². The van der Waals surface area contributed by atoms with Gasteiger partial charge in [-0.1, -0.05) is 45.9 Å². The summed E-state index contributed by atoms with van der Waals surface area (Å²) < 4.78 is 0. The molecule has 2 heteroatoms. The second-order valence-electron chi connectivity index (χ2n) is 4.61. The van der Waals surface area contributed by atoms with Crippen molar-refractivity contribution in [1.29, 1.82) is 0 Å². The number of fused-ring (bicyclic) bond motifs is 2. The predicted octanol–water partition coefficient (Wildman–Crippen LogP) is 4.16. The minimum atomic E-state index is 0.347. The van der Waals surface area contributed by atoms with Crippen molar-refractivity contribution in [3.8, 4) is 5.75 Å². The van der Waals surface area contributed by atoms with Gasteiger partial charge in [-0.25, -0.2) is 0 Å². The molecule has 0 amide bonds. The van der Waals surface area contributed by atoms with Crippen LogP contribution >= 0.6 is 0 Å². The summed E-state index contributed by atoms with van der Waals surface area (Å²) in [5.41, 5.74) is 2.74. The highest BCUT2D eigenvalue weighted by Gasteiger charge is 2.36. The lowest BCUT2D eigenvalue weighted by Gasteiger charge is -2.21. The Labute approximate surface area is 117 Å². The van der Waals surface area contributed by atoms with Gasteiger partial charge in [0.1, 0.15) is 5.75 Å². The molecule has 3 rings (SSSR count). The van der Waals surface area contributed by atoms with Crippen LogP contribution in [-0.2, 0) is 0 Å². The maximum atomic E-state index is 9.25. The molecule has 1 N–H and O–H groups in total. The molecule has 1 aromatic rings. The standard InChI is InChI=1S/C13H15NO.2C2H6/c1-14-8-10-6-11(14)7-13(10)9-2-4-12(15)5-3-9;2*1-2/h2-5,7,10-11,15H,6,8H2,1H3;2*1-2H3. The van der Waals surface area contributed by atoms with Gasteiger partial charge in [0.15, 0.2) is 0 Å². The lowest BCUT2D eigenvalue weighted by atomic mass is 9.95. The van der Waals surface area contributed by atoms with Crippen molar-refractivity contribution in [3.05, 3.63) is 35.9 Å². The summed E-state index contributed by atoms with van der Waals surface area (Å²) in [6, 6.07) is 8.21. The smallest absolute Gasteiger partial charge is 0.115 e. The van der Waals surface area contributed by atoms with E-state index in [0.717, 1.165) is 0 Å². The van der Waals surface area contributed by atoms with E-state index in [-0.39, 0.29) is 0 Å². The zero-order valence-electron chi connectivity index (χ0n) is 12.9. The normalized spacial score (nSPS) is 23.9. The molecule has 0 spiro atoms. The highest BCUT2D eigenvalue weighted by Crippen LogP contribution is 2.41. The Hall–Kier alpha value is -1.28. The van der Waals surface area contributed by atoms with Crippen LogP contribution in [0, 0.1) is 5.92 Å². The third kappa shape index (κ3) is 3.38. The van der Waals surface area contributed by atoms with Crippen LogP contribution in [0.5, 0.6) is 5.75 Å². The molecule has 2 aliphatic rings. The Morgan fingerprint density at radius 2 is 1.63 bits per heavy atom. The fourth-order valence-electron chi connectivity index (χ4n) is 2.78. The largest absolute Gasteiger partial charge is 0.508 e. The first-order valence-corrected chi connectivity index (χ1v) is 7.45. The molecule has 1 aliphatic heterocycles. The summed E-state index contributed by atoms with van der Waals surface area (Å²) in [7, 11) is 2.19. The molecule has 2 atom stereocenters. The number of likely N-dealkylation sites (tertiary alicyclic amines) is 1. The highest BCUT2D eigenvalue weighted by molar-refractivity contribution is 5.71. The van der Waals surface area contributed by atoms with Gasteiger partial charge in [0, 0.05) is 12.6 Å². The van der Waals surface area contributed by atoms with Gasteiger partial charge in [0.05, 0.1) is 0 Å². The van der Waals surface area contributed by atoms with Crippen LogP contribution in [0.15, 0.2) is 30.3 Å². The predicted molar refractivity (Wildman–Crippen MR) is 83.3 cm³/mol. The topological polar surface area (TPSA) is 23.5 Å². The number of hydrogen-bond acceptors (Lipinski definition) is 2. The third-order valence-corrected chi connectivity index (χ3v) is 3.61. The van der Waals surface area contributed by atoms with Crippen LogP contribution in [0.3, 0.4) is 0 Å². The molecule has 0 radical (unpaired) electrons. The Kier molecular flexibility index (Phi) is 6.10. The monoisotopic (exact) mass is 261 g/mol. The zero-order chi connectivity index (χ0) is 14.4. The molecule has 2 unspecified atom stereocenters. The number of nitrogens with zero attached hydrogens (tertiary/aromatic N) is 1. The average molecular weight is 261 g/mol. The molecule has 106 valence electrons. The van der Waals surface area contributed by atoms with Crippen LogP contribution in [0.1, 0.15) is 39.7 Å². The van der Waals surface area contributed by atoms with Crippen molar-refractivity contribution in [2.45, 2.75) is 40.2 Å². The van der Waals surface area contributed by atoms with Gasteiger partial charge < -0.3 is 5.11 Å². The van der Waals surface area contributed by atoms with Gasteiger partial charge in [-0.15, -0.1) is 0 Å². The first kappa shape index (κ1) is 15.8. The van der Waals surface area contributed by atoms with E-state index in [9.17, 15) is 5.11 Å². The maximum Gasteiger partial charge on any atom is 0.115 e. The molecule has 2 nitrogen and oxygen atoms in total. The number of aromatic hydroxyl groups is 1. The summed E-state index contributed by atoms with van der Waals surface area (Å²) >= 11 is 0. The molecule has 2 bridgehead atoms. The van der Waals surface area contributed by atoms with Crippen molar-refractivity contribution in [3.63, 3.8) is 0 Å². The van der Waals surface area contributed by atoms with Crippen molar-refractivity contribution >= 4 is 5.57 Å². The minimum Gasteiger partial charge on any atom is -0.508 e. The Morgan fingerprint density at radius 1 is 1.05 bits per heavy atom. The van der Waals surface area contributed by atoms with E-state index in [0.29, 0.717) is 17.7 Å². The number of likely N-dealkylation sites (N-methyl/N-ethyl adjacent to an activating group) is 1. The molecular formula is C17H27NO. The summed E-state index contributed by atoms with van der Waals surface area (Å²) in [5.74, 6) is 1.05. The third-order valence-electron chi connectivity index (χ3n) is 3.61. The van der Waals surface area contributed by atoms with Gasteiger partial charge >= 0.3 is 0 Å². The Morgan fingerprint density at radius 3 is 2.05 bits per heavy atom. The van der Waals surface area contributed by atoms with Crippen molar-refractivity contribution < 1.29 is 5.11 Å². The van der Waals surface area contributed by atoms with Gasteiger partial charge in [0.25, 0.3) is 0 Å². The van der Waals surface area contributed by atoms with E-state index < -0.39 is 0 Å². The number of phenolic OH excluding ortho intramolecular Hbond substituents is 1. The number of hydrogen-bond donors (Lipinski definition) is 1. The molecule has 1 saturated heterocycles. The number of benzene rings is 1. The summed E-state index contributed by atoms with van der Waals surface area (Å²) in [6.07, 6.45) is 3.65. The average Bonchev–Trinajstić information content (AvgIpc) is 3.03. The van der Waals surface area contributed by atoms with Crippen molar-refractivity contribution in [2.75, 3.05) is 13.6 Å². The second kappa shape index (κ2) is 7.34. The van der Waals surface area contributed by atoms with Crippen LogP contribution in [0.4, 0.5) is 0 Å². The molecule has 1 aliphatic carbocycles. The lowest BCUT2D eigenvalue weighted by molar-refractivity contribution is 0.347. The van der Waals surface area contributed by atoms with Crippen molar-refractivity contribution in [2.24, 2.45) is 5.92 Å². The van der Waals surface area contributed by atoms with E-state index in [4.69, 9.17) is 0 Å². The minimum absolute atomic E-state index is 0.347. The van der Waals surface area contributed by atoms with E-state index in [1.165, 1.54) is 24.1 Å². The lowest BCUT2D eigenvalue weighted by Crippen LogP contribution is -2.25. The van der Waals surface area contributed by atoms with Gasteiger partial charge in [-0.2, -0.15) is 0 Å². The first-order chi connectivity index (χ1) is 9.24. The van der Waals surface area contributed by atoms with Crippen molar-refractivity contribution in [1.82, 2.24) is 4.90 Å². The molecule has 1 heterocycles. The van der Waals surface area contributed by atoms with Gasteiger partial charge in [0.2, 0.25) is 0 Å². The summed E-state index contributed by atoms with van der Waals surface area (Å²) in [6.45, 7) is 9.18. The molecule has 1 fully saturated rings. The Balaban J connectivity index is 0.000000415. The van der Waals surface area contributed by atoms with Crippen LogP contribution in [0.25, 0.3) is 5.57 Å². The van der Waals surface area contributed by atoms with Crippen LogP contribution in [-0.4, -0.2) is 29.6 Å². The summed E-state index contributed by atoms with van der Waals surface area (Å²) in [5, 5.41) is 9.25. The second-order valence-corrected chi connectivity index (χ2v) is 4.61.